The lowest BCUT2D eigenvalue weighted by molar-refractivity contribution is -0.121. The zero-order valence-electron chi connectivity index (χ0n) is 18.2. The molecule has 166 valence electrons. The number of piperidine rings is 1. The van der Waals surface area contributed by atoms with E-state index in [2.05, 4.69) is 15.3 Å². The van der Waals surface area contributed by atoms with Crippen LogP contribution in [-0.2, 0) is 11.4 Å². The van der Waals surface area contributed by atoms with Crippen molar-refractivity contribution in [1.29, 1.82) is 0 Å². The average molecular weight is 451 g/mol. The summed E-state index contributed by atoms with van der Waals surface area (Å²) in [4.78, 5) is 36.3. The van der Waals surface area contributed by atoms with Crippen LogP contribution in [0.25, 0.3) is 0 Å². The van der Waals surface area contributed by atoms with Gasteiger partial charge in [0.1, 0.15) is 18.2 Å². The van der Waals surface area contributed by atoms with Gasteiger partial charge in [-0.15, -0.1) is 11.3 Å². The second kappa shape index (κ2) is 9.91. The molecule has 0 aliphatic carbocycles. The monoisotopic (exact) mass is 450 g/mol. The lowest BCUT2D eigenvalue weighted by Gasteiger charge is -2.32. The number of likely N-dealkylation sites (tertiary alicyclic amines) is 1. The first-order chi connectivity index (χ1) is 15.5. The second-order valence-corrected chi connectivity index (χ2v) is 8.99. The quantitative estimate of drug-likeness (QED) is 0.608. The van der Waals surface area contributed by atoms with Gasteiger partial charge in [-0.25, -0.2) is 9.97 Å². The van der Waals surface area contributed by atoms with Crippen molar-refractivity contribution in [2.24, 2.45) is 5.92 Å². The van der Waals surface area contributed by atoms with Crippen molar-refractivity contribution >= 4 is 29.0 Å². The van der Waals surface area contributed by atoms with Gasteiger partial charge in [0.25, 0.3) is 5.91 Å². The number of carbonyl (C=O) groups is 2. The van der Waals surface area contributed by atoms with Crippen LogP contribution < -0.4 is 10.1 Å². The lowest BCUT2D eigenvalue weighted by Crippen LogP contribution is -2.43. The van der Waals surface area contributed by atoms with Crippen molar-refractivity contribution in [3.8, 4) is 5.75 Å². The van der Waals surface area contributed by atoms with Gasteiger partial charge in [-0.05, 0) is 56.5 Å². The Morgan fingerprint density at radius 1 is 1.25 bits per heavy atom. The van der Waals surface area contributed by atoms with Gasteiger partial charge in [-0.3, -0.25) is 9.59 Å². The van der Waals surface area contributed by atoms with Gasteiger partial charge in [0.15, 0.2) is 0 Å². The molecule has 1 saturated heterocycles. The van der Waals surface area contributed by atoms with E-state index in [1.54, 1.807) is 34.6 Å². The largest absolute Gasteiger partial charge is 0.487 e. The number of hydrogen-bond acceptors (Lipinski definition) is 6. The average Bonchev–Trinajstić information content (AvgIpc) is 3.24. The van der Waals surface area contributed by atoms with Crippen molar-refractivity contribution in [3.05, 3.63) is 69.8 Å². The molecule has 0 spiro atoms. The summed E-state index contributed by atoms with van der Waals surface area (Å²) in [7, 11) is 0. The van der Waals surface area contributed by atoms with Crippen molar-refractivity contribution in [2.75, 3.05) is 18.4 Å². The predicted octanol–water partition coefficient (Wildman–Crippen LogP) is 4.22. The van der Waals surface area contributed by atoms with E-state index in [4.69, 9.17) is 4.74 Å². The van der Waals surface area contributed by atoms with Gasteiger partial charge < -0.3 is 15.0 Å². The molecule has 1 fully saturated rings. The number of carbonyl (C=O) groups excluding carboxylic acids is 2. The van der Waals surface area contributed by atoms with E-state index < -0.39 is 0 Å². The summed E-state index contributed by atoms with van der Waals surface area (Å²) in [5.41, 5.74) is 2.34. The van der Waals surface area contributed by atoms with Crippen LogP contribution >= 0.6 is 11.3 Å². The van der Waals surface area contributed by atoms with Gasteiger partial charge in [0.2, 0.25) is 5.91 Å². The topological polar surface area (TPSA) is 84.4 Å². The Hall–Kier alpha value is -3.26. The number of anilines is 1. The second-order valence-electron chi connectivity index (χ2n) is 7.92. The molecule has 1 unspecified atom stereocenters. The fraction of sp³-hybridized carbons (Fsp3) is 0.333. The fourth-order valence-corrected chi connectivity index (χ4v) is 4.34. The van der Waals surface area contributed by atoms with Gasteiger partial charge in [-0.2, -0.15) is 0 Å². The maximum absolute atomic E-state index is 13.1. The van der Waals surface area contributed by atoms with Crippen molar-refractivity contribution < 1.29 is 14.3 Å². The van der Waals surface area contributed by atoms with E-state index in [0.29, 0.717) is 36.8 Å². The fourth-order valence-electron chi connectivity index (χ4n) is 3.74. The summed E-state index contributed by atoms with van der Waals surface area (Å²) < 4.78 is 5.82. The summed E-state index contributed by atoms with van der Waals surface area (Å²) in [5.74, 6) is 0.743. The Morgan fingerprint density at radius 3 is 2.91 bits per heavy atom. The molecular formula is C24H26N4O3S. The number of thiazole rings is 1. The van der Waals surface area contributed by atoms with E-state index in [-0.39, 0.29) is 17.7 Å². The standard InChI is InChI=1S/C24H26N4O3S/c1-16-6-4-10-25-22(16)27-23(29)19-8-5-11-28(13-19)24(30)18-7-3-9-21(12-18)31-14-20-15-32-17(2)26-20/h3-4,6-7,9-10,12,15,19H,5,8,11,13-14H2,1-2H3,(H,25,27,29). The molecule has 0 saturated carbocycles. The molecule has 1 N–H and O–H groups in total. The summed E-state index contributed by atoms with van der Waals surface area (Å²) in [6, 6.07) is 10.9. The van der Waals surface area contributed by atoms with Crippen LogP contribution in [0.15, 0.2) is 48.0 Å². The molecule has 2 aromatic heterocycles. The minimum Gasteiger partial charge on any atom is -0.487 e. The van der Waals surface area contributed by atoms with Crippen LogP contribution in [0.2, 0.25) is 0 Å². The highest BCUT2D eigenvalue weighted by atomic mass is 32.1. The number of amides is 2. The van der Waals surface area contributed by atoms with Gasteiger partial charge in [0.05, 0.1) is 16.6 Å². The predicted molar refractivity (Wildman–Crippen MR) is 124 cm³/mol. The van der Waals surface area contributed by atoms with E-state index in [1.807, 2.05) is 43.5 Å². The number of pyridine rings is 1. The van der Waals surface area contributed by atoms with Gasteiger partial charge in [0, 0.05) is 30.2 Å². The first-order valence-electron chi connectivity index (χ1n) is 10.7. The molecule has 1 aliphatic heterocycles. The van der Waals surface area contributed by atoms with Gasteiger partial charge in [-0.1, -0.05) is 12.1 Å². The minimum absolute atomic E-state index is 0.0912. The third-order valence-electron chi connectivity index (χ3n) is 5.46. The van der Waals surface area contributed by atoms with Gasteiger partial charge >= 0.3 is 0 Å². The third kappa shape index (κ3) is 5.31. The first-order valence-corrected chi connectivity index (χ1v) is 11.5. The summed E-state index contributed by atoms with van der Waals surface area (Å²) in [6.07, 6.45) is 3.19. The number of aromatic nitrogens is 2. The van der Waals surface area contributed by atoms with Crippen molar-refractivity contribution in [1.82, 2.24) is 14.9 Å². The number of rotatable bonds is 6. The van der Waals surface area contributed by atoms with Crippen LogP contribution in [0.3, 0.4) is 0 Å². The number of nitrogens with one attached hydrogen (secondary N) is 1. The molecule has 1 aliphatic rings. The number of hydrogen-bond donors (Lipinski definition) is 1. The van der Waals surface area contributed by atoms with E-state index in [9.17, 15) is 9.59 Å². The van der Waals surface area contributed by atoms with E-state index >= 15 is 0 Å². The Morgan fingerprint density at radius 2 is 2.12 bits per heavy atom. The maximum atomic E-state index is 13.1. The van der Waals surface area contributed by atoms with Crippen molar-refractivity contribution in [2.45, 2.75) is 33.3 Å². The molecule has 0 radical (unpaired) electrons. The molecular weight excluding hydrogens is 424 g/mol. The maximum Gasteiger partial charge on any atom is 0.254 e. The van der Waals surface area contributed by atoms with Crippen LogP contribution in [0.5, 0.6) is 5.75 Å². The molecule has 32 heavy (non-hydrogen) atoms. The van der Waals surface area contributed by atoms with Crippen LogP contribution in [-0.4, -0.2) is 39.8 Å². The number of ether oxygens (including phenoxy) is 1. The van der Waals surface area contributed by atoms with Crippen LogP contribution in [0.1, 0.15) is 39.5 Å². The lowest BCUT2D eigenvalue weighted by atomic mass is 9.96. The summed E-state index contributed by atoms with van der Waals surface area (Å²) >= 11 is 1.58. The normalized spacial score (nSPS) is 15.9. The SMILES string of the molecule is Cc1nc(COc2cccc(C(=O)N3CCCC(C(=O)Nc4ncccc4C)C3)c2)cs1. The molecule has 3 aromatic rings. The van der Waals surface area contributed by atoms with Crippen molar-refractivity contribution in [3.63, 3.8) is 0 Å². The Kier molecular flexibility index (Phi) is 6.80. The number of nitrogens with zero attached hydrogens (tertiary/aromatic N) is 3. The zero-order chi connectivity index (χ0) is 22.5. The smallest absolute Gasteiger partial charge is 0.254 e. The molecule has 4 rings (SSSR count). The highest BCUT2D eigenvalue weighted by Gasteiger charge is 2.29. The van der Waals surface area contributed by atoms with E-state index in [1.165, 1.54) is 0 Å². The molecule has 3 heterocycles. The molecule has 0 bridgehead atoms. The highest BCUT2D eigenvalue weighted by molar-refractivity contribution is 7.09. The molecule has 8 heteroatoms. The molecule has 7 nitrogen and oxygen atoms in total. The minimum atomic E-state index is -0.263. The Labute approximate surface area is 191 Å². The first kappa shape index (κ1) is 22.0. The third-order valence-corrected chi connectivity index (χ3v) is 6.29. The Balaban J connectivity index is 1.38. The molecule has 2 amide bonds. The van der Waals surface area contributed by atoms with Crippen LogP contribution in [0, 0.1) is 19.8 Å². The Bertz CT molecular complexity index is 1110. The molecule has 1 atom stereocenters. The zero-order valence-corrected chi connectivity index (χ0v) is 19.0. The highest BCUT2D eigenvalue weighted by Crippen LogP contribution is 2.23. The number of aryl methyl sites for hydroxylation is 2. The molecule has 1 aromatic carbocycles. The van der Waals surface area contributed by atoms with Crippen LogP contribution in [0.4, 0.5) is 5.82 Å². The summed E-state index contributed by atoms with van der Waals surface area (Å²) in [5, 5.41) is 5.87. The van der Waals surface area contributed by atoms with E-state index in [0.717, 1.165) is 29.1 Å². The summed E-state index contributed by atoms with van der Waals surface area (Å²) in [6.45, 7) is 5.25. The number of benzene rings is 1.